The molecule has 0 radical (unpaired) electrons. The van der Waals surface area contributed by atoms with Gasteiger partial charge in [0.1, 0.15) is 5.78 Å². The van der Waals surface area contributed by atoms with Crippen molar-refractivity contribution in [3.8, 4) is 0 Å². The standard InChI is InChI=1S/C27H44O3/c1-18-19(28)7-8-20-25(18,4)12-9-21-26(20,5)15-14-24(3)17-23(2,11-10-22(29)30)13-16-27(21,24)6/h18,20-21H,7-17H2,1-6H3,(H,29,30)/t18-,20+,21-,23+,24-,25+,26-,27+/m0/s1. The molecule has 0 aromatic heterocycles. The molecule has 0 saturated heterocycles. The van der Waals surface area contributed by atoms with Crippen LogP contribution in [0.5, 0.6) is 0 Å². The van der Waals surface area contributed by atoms with Crippen LogP contribution in [-0.2, 0) is 9.59 Å². The largest absolute Gasteiger partial charge is 0.481 e. The first kappa shape index (κ1) is 22.3. The fourth-order valence-corrected chi connectivity index (χ4v) is 9.63. The molecule has 0 amide bonds. The minimum atomic E-state index is -0.654. The Balaban J connectivity index is 1.64. The summed E-state index contributed by atoms with van der Waals surface area (Å²) in [7, 11) is 0. The molecule has 0 aliphatic heterocycles. The quantitative estimate of drug-likeness (QED) is 0.545. The van der Waals surface area contributed by atoms with Crippen LogP contribution >= 0.6 is 0 Å². The van der Waals surface area contributed by atoms with Crippen LogP contribution in [0.3, 0.4) is 0 Å². The molecule has 3 heteroatoms. The van der Waals surface area contributed by atoms with Gasteiger partial charge in [0.05, 0.1) is 0 Å². The highest BCUT2D eigenvalue weighted by Crippen LogP contribution is 2.75. The third-order valence-electron chi connectivity index (χ3n) is 11.9. The Morgan fingerprint density at radius 3 is 2.30 bits per heavy atom. The number of aliphatic carboxylic acids is 1. The van der Waals surface area contributed by atoms with Gasteiger partial charge in [-0.15, -0.1) is 0 Å². The van der Waals surface area contributed by atoms with Crippen LogP contribution in [0.1, 0.15) is 112 Å². The predicted octanol–water partition coefficient (Wildman–Crippen LogP) is 6.89. The molecule has 30 heavy (non-hydrogen) atoms. The molecular formula is C27H44O3. The lowest BCUT2D eigenvalue weighted by molar-refractivity contribution is -0.225. The maximum absolute atomic E-state index is 12.6. The van der Waals surface area contributed by atoms with Crippen LogP contribution in [0.2, 0.25) is 0 Å². The molecule has 0 bridgehead atoms. The second kappa shape index (κ2) is 6.82. The lowest BCUT2D eigenvalue weighted by Gasteiger charge is -2.72. The van der Waals surface area contributed by atoms with Crippen molar-refractivity contribution in [1.29, 1.82) is 0 Å². The van der Waals surface area contributed by atoms with Crippen molar-refractivity contribution < 1.29 is 14.7 Å². The number of carboxylic acids is 1. The van der Waals surface area contributed by atoms with Gasteiger partial charge in [-0.1, -0.05) is 41.5 Å². The zero-order valence-corrected chi connectivity index (χ0v) is 20.3. The molecule has 0 aromatic carbocycles. The minimum absolute atomic E-state index is 0.162. The number of rotatable bonds is 3. The van der Waals surface area contributed by atoms with Crippen molar-refractivity contribution in [3.05, 3.63) is 0 Å². The smallest absolute Gasteiger partial charge is 0.303 e. The average molecular weight is 417 g/mol. The Morgan fingerprint density at radius 1 is 0.933 bits per heavy atom. The summed E-state index contributed by atoms with van der Waals surface area (Å²) in [4.78, 5) is 23.8. The number of carbonyl (C=O) groups excluding carboxylic acids is 1. The molecule has 8 atom stereocenters. The van der Waals surface area contributed by atoms with Crippen LogP contribution in [0, 0.1) is 44.8 Å². The first-order chi connectivity index (χ1) is 13.8. The van der Waals surface area contributed by atoms with E-state index in [2.05, 4.69) is 41.5 Å². The van der Waals surface area contributed by atoms with Crippen molar-refractivity contribution in [1.82, 2.24) is 0 Å². The monoisotopic (exact) mass is 416 g/mol. The molecular weight excluding hydrogens is 372 g/mol. The molecule has 1 N–H and O–H groups in total. The SMILES string of the molecule is C[C@H]1C(=O)CC[C@@H]2[C@]1(C)CC[C@H]1[C@@]2(C)CC[C@@]2(C)C[C@](C)(CCC(=O)O)CC[C@]12C. The summed E-state index contributed by atoms with van der Waals surface area (Å²) in [6.07, 6.45) is 11.6. The highest BCUT2D eigenvalue weighted by Gasteiger charge is 2.67. The average Bonchev–Trinajstić information content (AvgIpc) is 2.66. The second-order valence-electron chi connectivity index (χ2n) is 13.2. The molecule has 4 rings (SSSR count). The number of carbonyl (C=O) groups is 2. The van der Waals surface area contributed by atoms with E-state index in [-0.39, 0.29) is 16.7 Å². The lowest BCUT2D eigenvalue weighted by atomic mass is 9.33. The van der Waals surface area contributed by atoms with Gasteiger partial charge in [-0.3, -0.25) is 9.59 Å². The summed E-state index contributed by atoms with van der Waals surface area (Å²) < 4.78 is 0. The number of hydrogen-bond donors (Lipinski definition) is 1. The van der Waals surface area contributed by atoms with Crippen LogP contribution in [0.4, 0.5) is 0 Å². The molecule has 0 spiro atoms. The van der Waals surface area contributed by atoms with Gasteiger partial charge in [0.15, 0.2) is 0 Å². The Morgan fingerprint density at radius 2 is 1.63 bits per heavy atom. The molecule has 0 heterocycles. The Kier molecular flexibility index (Phi) is 5.08. The summed E-state index contributed by atoms with van der Waals surface area (Å²) in [6, 6.07) is 0. The number of fused-ring (bicyclic) bond motifs is 5. The number of carboxylic acid groups (broad SMARTS) is 1. The fourth-order valence-electron chi connectivity index (χ4n) is 9.63. The van der Waals surface area contributed by atoms with Crippen molar-refractivity contribution in [3.63, 3.8) is 0 Å². The van der Waals surface area contributed by atoms with E-state index in [1.54, 1.807) is 0 Å². The van der Waals surface area contributed by atoms with Gasteiger partial charge in [-0.2, -0.15) is 0 Å². The topological polar surface area (TPSA) is 54.4 Å². The van der Waals surface area contributed by atoms with Crippen LogP contribution in [-0.4, -0.2) is 16.9 Å². The third-order valence-corrected chi connectivity index (χ3v) is 11.9. The van der Waals surface area contributed by atoms with Crippen molar-refractivity contribution in [2.75, 3.05) is 0 Å². The zero-order valence-electron chi connectivity index (χ0n) is 20.3. The van der Waals surface area contributed by atoms with E-state index in [0.717, 1.165) is 31.6 Å². The van der Waals surface area contributed by atoms with Gasteiger partial charge in [-0.05, 0) is 96.7 Å². The summed E-state index contributed by atoms with van der Waals surface area (Å²) in [5, 5.41) is 9.24. The van der Waals surface area contributed by atoms with Crippen molar-refractivity contribution in [2.45, 2.75) is 112 Å². The number of hydrogen-bond acceptors (Lipinski definition) is 2. The predicted molar refractivity (Wildman–Crippen MR) is 120 cm³/mol. The van der Waals surface area contributed by atoms with Crippen LogP contribution in [0.25, 0.3) is 0 Å². The van der Waals surface area contributed by atoms with Gasteiger partial charge < -0.3 is 5.11 Å². The minimum Gasteiger partial charge on any atom is -0.481 e. The van der Waals surface area contributed by atoms with E-state index in [4.69, 9.17) is 0 Å². The summed E-state index contributed by atoms with van der Waals surface area (Å²) >= 11 is 0. The maximum atomic E-state index is 12.6. The van der Waals surface area contributed by atoms with E-state index >= 15 is 0 Å². The molecule has 170 valence electrons. The number of Topliss-reactive ketones (excluding diaryl/α,β-unsaturated/α-hetero) is 1. The van der Waals surface area contributed by atoms with E-state index in [9.17, 15) is 14.7 Å². The zero-order chi connectivity index (χ0) is 22.2. The van der Waals surface area contributed by atoms with Gasteiger partial charge >= 0.3 is 5.97 Å². The van der Waals surface area contributed by atoms with Crippen molar-refractivity contribution in [2.24, 2.45) is 44.8 Å². The first-order valence-corrected chi connectivity index (χ1v) is 12.5. The molecule has 4 aliphatic rings. The maximum Gasteiger partial charge on any atom is 0.303 e. The molecule has 0 unspecified atom stereocenters. The summed E-state index contributed by atoms with van der Waals surface area (Å²) in [5.74, 6) is 1.44. The highest BCUT2D eigenvalue weighted by atomic mass is 16.4. The van der Waals surface area contributed by atoms with Gasteiger partial charge in [0.25, 0.3) is 0 Å². The van der Waals surface area contributed by atoms with E-state index < -0.39 is 5.97 Å². The molecule has 4 saturated carbocycles. The molecule has 3 nitrogen and oxygen atoms in total. The number of ketones is 1. The van der Waals surface area contributed by atoms with Gasteiger partial charge in [0.2, 0.25) is 0 Å². The third kappa shape index (κ3) is 2.96. The van der Waals surface area contributed by atoms with Crippen molar-refractivity contribution >= 4 is 11.8 Å². The Labute approximate surface area is 183 Å². The summed E-state index contributed by atoms with van der Waals surface area (Å²) in [6.45, 7) is 14.7. The Hall–Kier alpha value is -0.860. The molecule has 4 fully saturated rings. The van der Waals surface area contributed by atoms with E-state index in [0.29, 0.717) is 34.4 Å². The molecule has 4 aliphatic carbocycles. The van der Waals surface area contributed by atoms with Gasteiger partial charge in [-0.25, -0.2) is 0 Å². The lowest BCUT2D eigenvalue weighted by Crippen LogP contribution is -2.64. The second-order valence-corrected chi connectivity index (χ2v) is 13.2. The Bertz CT molecular complexity index is 744. The van der Waals surface area contributed by atoms with Crippen LogP contribution in [0.15, 0.2) is 0 Å². The summed E-state index contributed by atoms with van der Waals surface area (Å²) in [5.41, 5.74) is 1.30. The molecule has 0 aromatic rings. The normalized spacial score (nSPS) is 53.4. The van der Waals surface area contributed by atoms with E-state index in [1.807, 2.05) is 0 Å². The first-order valence-electron chi connectivity index (χ1n) is 12.5. The van der Waals surface area contributed by atoms with Gasteiger partial charge in [0, 0.05) is 18.8 Å². The fraction of sp³-hybridized carbons (Fsp3) is 0.926. The highest BCUT2D eigenvalue weighted by molar-refractivity contribution is 5.82. The van der Waals surface area contributed by atoms with Crippen LogP contribution < -0.4 is 0 Å². The van der Waals surface area contributed by atoms with E-state index in [1.165, 1.54) is 38.5 Å².